The number of imidazole rings is 1. The van der Waals surface area contributed by atoms with E-state index in [1.165, 1.54) is 33.7 Å². The maximum Gasteiger partial charge on any atom is 0.755 e. The van der Waals surface area contributed by atoms with Gasteiger partial charge in [0, 0.05) is 5.56 Å². The molecule has 0 unspecified atom stereocenters. The number of para-hydroxylation sites is 4. The minimum atomic E-state index is -0.167. The van der Waals surface area contributed by atoms with Crippen LogP contribution in [0.1, 0.15) is 5.56 Å². The summed E-state index contributed by atoms with van der Waals surface area (Å²) in [5, 5.41) is 0. The summed E-state index contributed by atoms with van der Waals surface area (Å²) in [4.78, 5) is 2.34. The van der Waals surface area contributed by atoms with E-state index < -0.39 is 0 Å². The standard InChI is InChI=1S/C20H13BN3O/c1-2-8-15-14(7-1)22-12-13-6-5-10-17-19(13)20(22)24(15)21-23(17)16-9-3-4-11-18(16)25-21/h1-11H,12H2/q+1. The van der Waals surface area contributed by atoms with Crippen molar-refractivity contribution in [3.8, 4) is 17.1 Å². The van der Waals surface area contributed by atoms with Gasteiger partial charge in [0.1, 0.15) is 12.3 Å². The van der Waals surface area contributed by atoms with Gasteiger partial charge < -0.3 is 4.65 Å². The van der Waals surface area contributed by atoms with Crippen LogP contribution in [-0.2, 0) is 6.54 Å². The second-order valence-electron chi connectivity index (χ2n) is 6.86. The molecule has 4 heterocycles. The van der Waals surface area contributed by atoms with E-state index in [-0.39, 0.29) is 7.19 Å². The van der Waals surface area contributed by atoms with Crippen molar-refractivity contribution in [2.45, 2.75) is 6.54 Å². The third kappa shape index (κ3) is 1.25. The molecule has 0 amide bonds. The number of aromatic nitrogens is 2. The Morgan fingerprint density at radius 1 is 0.880 bits per heavy atom. The van der Waals surface area contributed by atoms with E-state index in [0.717, 1.165) is 18.0 Å². The lowest BCUT2D eigenvalue weighted by Crippen LogP contribution is -2.64. The molecule has 3 aliphatic heterocycles. The number of nitrogens with zero attached hydrogens (tertiary/aromatic N) is 3. The summed E-state index contributed by atoms with van der Waals surface area (Å²) in [5.41, 5.74) is 7.60. The third-order valence-electron chi connectivity index (χ3n) is 5.66. The molecule has 0 radical (unpaired) electrons. The van der Waals surface area contributed by atoms with Crippen molar-refractivity contribution in [1.82, 2.24) is 4.57 Å². The SMILES string of the molecule is c1ccc2c(c1)OB1N2c2cccc3c2-c2n(c4ccccc4[n+]21)C3. The van der Waals surface area contributed by atoms with Crippen LogP contribution in [-0.4, -0.2) is 11.8 Å². The van der Waals surface area contributed by atoms with Crippen LogP contribution in [0, 0.1) is 0 Å². The van der Waals surface area contributed by atoms with Crippen molar-refractivity contribution < 1.29 is 9.13 Å². The molecule has 1 aromatic heterocycles. The number of benzene rings is 3. The van der Waals surface area contributed by atoms with E-state index in [2.05, 4.69) is 74.5 Å². The van der Waals surface area contributed by atoms with Gasteiger partial charge in [-0.1, -0.05) is 36.4 Å². The van der Waals surface area contributed by atoms with Gasteiger partial charge in [0.05, 0.1) is 16.9 Å². The molecule has 0 atom stereocenters. The van der Waals surface area contributed by atoms with E-state index in [1.54, 1.807) is 0 Å². The lowest BCUT2D eigenvalue weighted by Gasteiger charge is -2.25. The first-order chi connectivity index (χ1) is 12.4. The molecule has 3 aromatic carbocycles. The molecule has 0 aliphatic carbocycles. The maximum absolute atomic E-state index is 6.41. The molecule has 116 valence electrons. The number of hydrogen-bond donors (Lipinski definition) is 0. The van der Waals surface area contributed by atoms with E-state index in [4.69, 9.17) is 4.65 Å². The van der Waals surface area contributed by atoms with Crippen molar-refractivity contribution in [3.05, 3.63) is 72.3 Å². The third-order valence-corrected chi connectivity index (χ3v) is 5.66. The molecule has 0 fully saturated rings. The van der Waals surface area contributed by atoms with Gasteiger partial charge in [-0.3, -0.25) is 4.81 Å². The number of hydrogen-bond acceptors (Lipinski definition) is 2. The van der Waals surface area contributed by atoms with Crippen molar-refractivity contribution in [2.75, 3.05) is 4.81 Å². The Labute approximate surface area is 144 Å². The van der Waals surface area contributed by atoms with Crippen LogP contribution < -0.4 is 13.9 Å². The molecule has 0 bridgehead atoms. The monoisotopic (exact) mass is 322 g/mol. The van der Waals surface area contributed by atoms with Crippen molar-refractivity contribution >= 4 is 29.6 Å². The summed E-state index contributed by atoms with van der Waals surface area (Å²) in [6.07, 6.45) is 0. The van der Waals surface area contributed by atoms with E-state index >= 15 is 0 Å². The summed E-state index contributed by atoms with van der Waals surface area (Å²) in [7, 11) is -0.167. The molecule has 0 saturated heterocycles. The van der Waals surface area contributed by atoms with Gasteiger partial charge in [-0.2, -0.15) is 0 Å². The summed E-state index contributed by atoms with van der Waals surface area (Å²) >= 11 is 0. The van der Waals surface area contributed by atoms with Crippen LogP contribution >= 0.6 is 0 Å². The molecule has 7 rings (SSSR count). The quantitative estimate of drug-likeness (QED) is 0.408. The number of fused-ring (bicyclic) bond motifs is 8. The topological polar surface area (TPSA) is 21.3 Å². The summed E-state index contributed by atoms with van der Waals surface area (Å²) in [6.45, 7) is 0.925. The fourth-order valence-corrected chi connectivity index (χ4v) is 4.70. The Bertz CT molecular complexity index is 1230. The van der Waals surface area contributed by atoms with Gasteiger partial charge in [-0.25, -0.2) is 9.05 Å². The lowest BCUT2D eigenvalue weighted by molar-refractivity contribution is -0.507. The Morgan fingerprint density at radius 3 is 2.72 bits per heavy atom. The van der Waals surface area contributed by atoms with Gasteiger partial charge in [0.15, 0.2) is 11.0 Å². The van der Waals surface area contributed by atoms with Crippen LogP contribution in [0.5, 0.6) is 5.75 Å². The van der Waals surface area contributed by atoms with Gasteiger partial charge in [-0.15, -0.1) is 0 Å². The van der Waals surface area contributed by atoms with Crippen molar-refractivity contribution in [2.24, 2.45) is 0 Å². The zero-order valence-corrected chi connectivity index (χ0v) is 13.4. The first-order valence-electron chi connectivity index (χ1n) is 8.62. The highest BCUT2D eigenvalue weighted by molar-refractivity contribution is 6.55. The average molecular weight is 322 g/mol. The molecule has 3 aliphatic rings. The molecule has 0 spiro atoms. The Morgan fingerprint density at radius 2 is 1.72 bits per heavy atom. The van der Waals surface area contributed by atoms with Gasteiger partial charge in [0.25, 0.3) is 5.82 Å². The average Bonchev–Trinajstić information content (AvgIpc) is 3.30. The van der Waals surface area contributed by atoms with Gasteiger partial charge in [-0.05, 0) is 30.3 Å². The normalized spacial score (nSPS) is 15.2. The number of anilines is 2. The molecular formula is C20H13BN3O+. The smallest absolute Gasteiger partial charge is 0.500 e. The highest BCUT2D eigenvalue weighted by Gasteiger charge is 2.56. The van der Waals surface area contributed by atoms with Crippen molar-refractivity contribution in [3.63, 3.8) is 0 Å². The predicted molar refractivity (Wildman–Crippen MR) is 97.0 cm³/mol. The second-order valence-corrected chi connectivity index (χ2v) is 6.86. The molecule has 0 saturated carbocycles. The maximum atomic E-state index is 6.41. The fraction of sp³-hybridized carbons (Fsp3) is 0.0500. The first-order valence-corrected chi connectivity index (χ1v) is 8.62. The summed E-state index contributed by atoms with van der Waals surface area (Å²) < 4.78 is 11.2. The fourth-order valence-electron chi connectivity index (χ4n) is 4.70. The minimum absolute atomic E-state index is 0.167. The Balaban J connectivity index is 1.68. The molecule has 0 N–H and O–H groups in total. The van der Waals surface area contributed by atoms with E-state index in [1.807, 2.05) is 6.07 Å². The number of rotatable bonds is 0. The first kappa shape index (κ1) is 12.2. The molecule has 25 heavy (non-hydrogen) atoms. The highest BCUT2D eigenvalue weighted by Crippen LogP contribution is 2.49. The highest BCUT2D eigenvalue weighted by atomic mass is 16.5. The van der Waals surface area contributed by atoms with Crippen LogP contribution in [0.15, 0.2) is 66.7 Å². The van der Waals surface area contributed by atoms with E-state index in [0.29, 0.717) is 0 Å². The molecular weight excluding hydrogens is 309 g/mol. The summed E-state index contributed by atoms with van der Waals surface area (Å²) in [5.74, 6) is 2.21. The Hall–Kier alpha value is -3.21. The van der Waals surface area contributed by atoms with Crippen molar-refractivity contribution in [1.29, 1.82) is 0 Å². The van der Waals surface area contributed by atoms with Crippen LogP contribution in [0.2, 0.25) is 0 Å². The molecule has 4 nitrogen and oxygen atoms in total. The van der Waals surface area contributed by atoms with Crippen LogP contribution in [0.4, 0.5) is 11.4 Å². The van der Waals surface area contributed by atoms with E-state index in [9.17, 15) is 0 Å². The minimum Gasteiger partial charge on any atom is -0.500 e. The summed E-state index contributed by atoms with van der Waals surface area (Å²) in [6, 6.07) is 23.6. The zero-order valence-electron chi connectivity index (χ0n) is 13.4. The molecule has 4 aromatic rings. The lowest BCUT2D eigenvalue weighted by atomic mass is 9.88. The zero-order chi connectivity index (χ0) is 16.1. The predicted octanol–water partition coefficient (Wildman–Crippen LogP) is 3.33. The van der Waals surface area contributed by atoms with Gasteiger partial charge >= 0.3 is 7.19 Å². The van der Waals surface area contributed by atoms with Crippen LogP contribution in [0.25, 0.3) is 22.4 Å². The Kier molecular flexibility index (Phi) is 1.90. The van der Waals surface area contributed by atoms with Gasteiger partial charge in [0.2, 0.25) is 0 Å². The van der Waals surface area contributed by atoms with Crippen LogP contribution in [0.3, 0.4) is 0 Å². The second kappa shape index (κ2) is 3.89. The molecule has 5 heteroatoms. The largest absolute Gasteiger partial charge is 0.755 e.